The van der Waals surface area contributed by atoms with Crippen molar-refractivity contribution in [3.8, 4) is 0 Å². The summed E-state index contributed by atoms with van der Waals surface area (Å²) in [5.41, 5.74) is 1.04. The van der Waals surface area contributed by atoms with Crippen LogP contribution in [-0.4, -0.2) is 39.4 Å². The maximum atomic E-state index is 12.7. The van der Waals surface area contributed by atoms with E-state index in [1.807, 2.05) is 38.1 Å². The van der Waals surface area contributed by atoms with Gasteiger partial charge in [0.15, 0.2) is 0 Å². The lowest BCUT2D eigenvalue weighted by Crippen LogP contribution is -2.39. The molecular formula is C22H25N5O3. The summed E-state index contributed by atoms with van der Waals surface area (Å²) in [5, 5.41) is 5.90. The first-order valence-electron chi connectivity index (χ1n) is 9.81. The van der Waals surface area contributed by atoms with Gasteiger partial charge in [-0.15, -0.1) is 0 Å². The highest BCUT2D eigenvalue weighted by atomic mass is 16.2. The van der Waals surface area contributed by atoms with Crippen LogP contribution in [0, 0.1) is 0 Å². The van der Waals surface area contributed by atoms with Crippen LogP contribution >= 0.6 is 0 Å². The zero-order chi connectivity index (χ0) is 21.5. The molecule has 0 atom stereocenters. The lowest BCUT2D eigenvalue weighted by molar-refractivity contribution is -0.133. The summed E-state index contributed by atoms with van der Waals surface area (Å²) in [4.78, 5) is 45.8. The molecule has 0 unspecified atom stereocenters. The molecule has 3 aromatic rings. The first kappa shape index (κ1) is 21.0. The highest BCUT2D eigenvalue weighted by Crippen LogP contribution is 2.10. The number of H-pyrrole nitrogens is 1. The van der Waals surface area contributed by atoms with Gasteiger partial charge in [0.05, 0.1) is 17.4 Å². The van der Waals surface area contributed by atoms with Gasteiger partial charge in [-0.1, -0.05) is 30.3 Å². The van der Waals surface area contributed by atoms with Crippen molar-refractivity contribution in [1.82, 2.24) is 20.2 Å². The number of carbonyl (C=O) groups is 2. The topological polar surface area (TPSA) is 107 Å². The number of aromatic amines is 1. The Bertz CT molecular complexity index is 1080. The zero-order valence-electron chi connectivity index (χ0n) is 17.0. The molecule has 0 aliphatic carbocycles. The van der Waals surface area contributed by atoms with E-state index in [1.54, 1.807) is 35.2 Å². The number of para-hydroxylation sites is 2. The molecule has 156 valence electrons. The molecule has 1 heterocycles. The molecule has 0 saturated heterocycles. The van der Waals surface area contributed by atoms with Crippen molar-refractivity contribution in [3.63, 3.8) is 0 Å². The summed E-state index contributed by atoms with van der Waals surface area (Å²) in [5.74, 6) is 0.288. The average molecular weight is 407 g/mol. The fourth-order valence-corrected chi connectivity index (χ4v) is 3.05. The van der Waals surface area contributed by atoms with Crippen LogP contribution in [0.15, 0.2) is 59.4 Å². The maximum absolute atomic E-state index is 12.7. The maximum Gasteiger partial charge on any atom is 0.319 e. The number of urea groups is 1. The van der Waals surface area contributed by atoms with Crippen molar-refractivity contribution in [2.75, 3.05) is 11.9 Å². The number of fused-ring (bicyclic) bond motifs is 1. The minimum absolute atomic E-state index is 0.0904. The summed E-state index contributed by atoms with van der Waals surface area (Å²) in [6.07, 6.45) is 0.137. The molecule has 0 fully saturated rings. The molecule has 0 radical (unpaired) electrons. The van der Waals surface area contributed by atoms with Gasteiger partial charge in [-0.3, -0.25) is 9.59 Å². The van der Waals surface area contributed by atoms with Crippen LogP contribution in [0.4, 0.5) is 10.5 Å². The van der Waals surface area contributed by atoms with Crippen molar-refractivity contribution in [1.29, 1.82) is 0 Å². The predicted octanol–water partition coefficient (Wildman–Crippen LogP) is 2.87. The van der Waals surface area contributed by atoms with E-state index in [0.29, 0.717) is 22.4 Å². The molecule has 0 bridgehead atoms. The van der Waals surface area contributed by atoms with Gasteiger partial charge in [0, 0.05) is 24.7 Å². The molecule has 3 rings (SSSR count). The number of carbonyl (C=O) groups excluding carboxylic acids is 2. The summed E-state index contributed by atoms with van der Waals surface area (Å²) >= 11 is 0. The molecule has 30 heavy (non-hydrogen) atoms. The van der Waals surface area contributed by atoms with E-state index in [0.717, 1.165) is 0 Å². The van der Waals surface area contributed by atoms with E-state index < -0.39 is 0 Å². The van der Waals surface area contributed by atoms with Gasteiger partial charge in [0.25, 0.3) is 5.56 Å². The Morgan fingerprint density at radius 3 is 2.50 bits per heavy atom. The second-order valence-electron chi connectivity index (χ2n) is 7.14. The number of benzene rings is 2. The number of amides is 3. The smallest absolute Gasteiger partial charge is 0.319 e. The zero-order valence-corrected chi connectivity index (χ0v) is 17.0. The Morgan fingerprint density at radius 1 is 1.07 bits per heavy atom. The summed E-state index contributed by atoms with van der Waals surface area (Å²) in [7, 11) is 0. The fraction of sp³-hybridized carbons (Fsp3) is 0.273. The molecule has 8 nitrogen and oxygen atoms in total. The number of anilines is 1. The molecule has 3 N–H and O–H groups in total. The Hall–Kier alpha value is -3.68. The van der Waals surface area contributed by atoms with Gasteiger partial charge in [-0.05, 0) is 38.1 Å². The quantitative estimate of drug-likeness (QED) is 0.560. The third-order valence-corrected chi connectivity index (χ3v) is 4.58. The Labute approximate surface area is 174 Å². The van der Waals surface area contributed by atoms with Gasteiger partial charge >= 0.3 is 6.03 Å². The van der Waals surface area contributed by atoms with Gasteiger partial charge in [-0.25, -0.2) is 9.78 Å². The van der Waals surface area contributed by atoms with Gasteiger partial charge in [0.2, 0.25) is 5.91 Å². The van der Waals surface area contributed by atoms with Crippen LogP contribution in [0.5, 0.6) is 0 Å². The Balaban J connectivity index is 1.58. The predicted molar refractivity (Wildman–Crippen MR) is 116 cm³/mol. The lowest BCUT2D eigenvalue weighted by Gasteiger charge is -2.26. The molecule has 1 aromatic heterocycles. The third kappa shape index (κ3) is 5.44. The Morgan fingerprint density at radius 2 is 1.77 bits per heavy atom. The minimum Gasteiger partial charge on any atom is -0.337 e. The number of nitrogens with zero attached hydrogens (tertiary/aromatic N) is 2. The van der Waals surface area contributed by atoms with Crippen molar-refractivity contribution in [2.24, 2.45) is 0 Å². The molecule has 2 aromatic carbocycles. The molecule has 0 aliphatic rings. The van der Waals surface area contributed by atoms with Gasteiger partial charge < -0.3 is 20.5 Å². The van der Waals surface area contributed by atoms with Crippen molar-refractivity contribution < 1.29 is 9.59 Å². The van der Waals surface area contributed by atoms with Gasteiger partial charge in [-0.2, -0.15) is 0 Å². The molecule has 0 spiro atoms. The van der Waals surface area contributed by atoms with E-state index in [2.05, 4.69) is 20.6 Å². The number of rotatable bonds is 7. The van der Waals surface area contributed by atoms with Crippen LogP contribution in [0.25, 0.3) is 10.9 Å². The number of aromatic nitrogens is 2. The molecule has 8 heteroatoms. The van der Waals surface area contributed by atoms with Crippen LogP contribution in [0.1, 0.15) is 26.1 Å². The number of hydrogen-bond donors (Lipinski definition) is 3. The number of hydrogen-bond acceptors (Lipinski definition) is 4. The van der Waals surface area contributed by atoms with Crippen LogP contribution < -0.4 is 16.2 Å². The summed E-state index contributed by atoms with van der Waals surface area (Å²) in [6, 6.07) is 15.7. The highest BCUT2D eigenvalue weighted by molar-refractivity contribution is 5.89. The van der Waals surface area contributed by atoms with Crippen molar-refractivity contribution >= 4 is 28.5 Å². The van der Waals surface area contributed by atoms with E-state index in [1.165, 1.54) is 0 Å². The summed E-state index contributed by atoms with van der Waals surface area (Å²) < 4.78 is 0. The molecule has 0 aliphatic heterocycles. The standard InChI is InChI=1S/C22H25N5O3/c1-15(2)27(14-19-25-18-11-7-6-10-17(18)21(29)26-19)20(28)12-13-23-22(30)24-16-8-4-3-5-9-16/h3-11,15H,12-14H2,1-2H3,(H2,23,24,30)(H,25,26,29). The van der Waals surface area contributed by atoms with Crippen LogP contribution in [0.2, 0.25) is 0 Å². The van der Waals surface area contributed by atoms with Crippen LogP contribution in [-0.2, 0) is 11.3 Å². The van der Waals surface area contributed by atoms with E-state index in [-0.39, 0.29) is 43.0 Å². The molecule has 0 saturated carbocycles. The highest BCUT2D eigenvalue weighted by Gasteiger charge is 2.19. The molecular weight excluding hydrogens is 382 g/mol. The lowest BCUT2D eigenvalue weighted by atomic mass is 10.2. The number of nitrogens with one attached hydrogen (secondary N) is 3. The monoisotopic (exact) mass is 407 g/mol. The average Bonchev–Trinajstić information content (AvgIpc) is 2.72. The van der Waals surface area contributed by atoms with Crippen molar-refractivity contribution in [3.05, 3.63) is 70.8 Å². The first-order valence-corrected chi connectivity index (χ1v) is 9.81. The SMILES string of the molecule is CC(C)N(Cc1nc2ccccc2c(=O)[nH]1)C(=O)CCNC(=O)Nc1ccccc1. The second kappa shape index (κ2) is 9.69. The van der Waals surface area contributed by atoms with E-state index >= 15 is 0 Å². The normalized spacial score (nSPS) is 10.8. The minimum atomic E-state index is -0.370. The van der Waals surface area contributed by atoms with Crippen LogP contribution in [0.3, 0.4) is 0 Å². The molecule has 3 amide bonds. The largest absolute Gasteiger partial charge is 0.337 e. The van der Waals surface area contributed by atoms with Crippen molar-refractivity contribution in [2.45, 2.75) is 32.9 Å². The second-order valence-corrected chi connectivity index (χ2v) is 7.14. The third-order valence-electron chi connectivity index (χ3n) is 4.58. The first-order chi connectivity index (χ1) is 14.4. The summed E-state index contributed by atoms with van der Waals surface area (Å²) in [6.45, 7) is 4.17. The fourth-order valence-electron chi connectivity index (χ4n) is 3.05. The van der Waals surface area contributed by atoms with E-state index in [4.69, 9.17) is 0 Å². The van der Waals surface area contributed by atoms with Gasteiger partial charge in [0.1, 0.15) is 5.82 Å². The Kier molecular flexibility index (Phi) is 6.79. The van der Waals surface area contributed by atoms with E-state index in [9.17, 15) is 14.4 Å².